The number of aryl methyl sites for hydroxylation is 1. The molecule has 7 nitrogen and oxygen atoms in total. The molecule has 1 fully saturated rings. The maximum absolute atomic E-state index is 12.6. The summed E-state index contributed by atoms with van der Waals surface area (Å²) in [5.74, 6) is 0.334. The van der Waals surface area contributed by atoms with Gasteiger partial charge in [-0.25, -0.2) is 13.1 Å². The van der Waals surface area contributed by atoms with Crippen LogP contribution in [0.25, 0.3) is 0 Å². The first-order valence-corrected chi connectivity index (χ1v) is 11.6. The van der Waals surface area contributed by atoms with Crippen LogP contribution in [0.2, 0.25) is 0 Å². The highest BCUT2D eigenvalue weighted by molar-refractivity contribution is 7.89. The van der Waals surface area contributed by atoms with E-state index in [0.29, 0.717) is 11.3 Å². The first-order chi connectivity index (χ1) is 14.3. The maximum atomic E-state index is 12.6. The van der Waals surface area contributed by atoms with Gasteiger partial charge in [0.1, 0.15) is 5.75 Å². The van der Waals surface area contributed by atoms with Crippen LogP contribution in [0.3, 0.4) is 0 Å². The molecule has 0 bridgehead atoms. The van der Waals surface area contributed by atoms with Gasteiger partial charge in [0, 0.05) is 12.6 Å². The largest absolute Gasteiger partial charge is 0.484 e. The SMILES string of the molecule is Cc1cc(S(=O)(=O)NCc2ccccc2)ccc1OCC(=O)NC1CCN(C)CC1. The van der Waals surface area contributed by atoms with Gasteiger partial charge in [-0.1, -0.05) is 30.3 Å². The second kappa shape index (κ2) is 10.1. The molecule has 1 aliphatic rings. The van der Waals surface area contributed by atoms with E-state index < -0.39 is 10.0 Å². The summed E-state index contributed by atoms with van der Waals surface area (Å²) in [6.07, 6.45) is 1.87. The first kappa shape index (κ1) is 22.3. The van der Waals surface area contributed by atoms with Crippen molar-refractivity contribution < 1.29 is 17.9 Å². The third-order valence-corrected chi connectivity index (χ3v) is 6.61. The Hall–Kier alpha value is -2.42. The molecule has 0 spiro atoms. The molecule has 8 heteroatoms. The van der Waals surface area contributed by atoms with Gasteiger partial charge >= 0.3 is 0 Å². The van der Waals surface area contributed by atoms with Gasteiger partial charge in [-0.2, -0.15) is 0 Å². The molecule has 1 saturated heterocycles. The third-order valence-electron chi connectivity index (χ3n) is 5.21. The quantitative estimate of drug-likeness (QED) is 0.668. The minimum Gasteiger partial charge on any atom is -0.484 e. The molecule has 0 unspecified atom stereocenters. The van der Waals surface area contributed by atoms with Gasteiger partial charge in [-0.15, -0.1) is 0 Å². The molecule has 0 saturated carbocycles. The Balaban J connectivity index is 1.53. The smallest absolute Gasteiger partial charge is 0.258 e. The summed E-state index contributed by atoms with van der Waals surface area (Å²) in [4.78, 5) is 14.6. The van der Waals surface area contributed by atoms with Crippen molar-refractivity contribution in [2.24, 2.45) is 0 Å². The van der Waals surface area contributed by atoms with Gasteiger partial charge in [-0.3, -0.25) is 4.79 Å². The molecule has 162 valence electrons. The average molecular weight is 432 g/mol. The van der Waals surface area contributed by atoms with Crippen LogP contribution in [-0.4, -0.2) is 52.0 Å². The van der Waals surface area contributed by atoms with Crippen molar-refractivity contribution in [3.8, 4) is 5.75 Å². The summed E-state index contributed by atoms with van der Waals surface area (Å²) in [5, 5.41) is 3.00. The Morgan fingerprint density at radius 3 is 2.50 bits per heavy atom. The van der Waals surface area contributed by atoms with Gasteiger partial charge in [-0.05, 0) is 69.2 Å². The lowest BCUT2D eigenvalue weighted by molar-refractivity contribution is -0.124. The van der Waals surface area contributed by atoms with E-state index in [-0.39, 0.29) is 30.0 Å². The molecule has 2 N–H and O–H groups in total. The van der Waals surface area contributed by atoms with Gasteiger partial charge in [0.05, 0.1) is 4.90 Å². The summed E-state index contributed by atoms with van der Waals surface area (Å²) in [7, 11) is -1.57. The van der Waals surface area contributed by atoms with E-state index in [9.17, 15) is 13.2 Å². The molecule has 0 radical (unpaired) electrons. The fourth-order valence-electron chi connectivity index (χ4n) is 3.37. The molecule has 1 heterocycles. The molecule has 30 heavy (non-hydrogen) atoms. The van der Waals surface area contributed by atoms with Crippen LogP contribution >= 0.6 is 0 Å². The minimum atomic E-state index is -3.64. The number of benzene rings is 2. The molecule has 0 atom stereocenters. The number of nitrogens with zero attached hydrogens (tertiary/aromatic N) is 1. The van der Waals surface area contributed by atoms with Crippen molar-refractivity contribution in [1.29, 1.82) is 0 Å². The number of ether oxygens (including phenoxy) is 1. The zero-order valence-corrected chi connectivity index (χ0v) is 18.2. The number of carbonyl (C=O) groups excluding carboxylic acids is 1. The Kier molecular flexibility index (Phi) is 7.47. The third kappa shape index (κ3) is 6.29. The van der Waals surface area contributed by atoms with Crippen LogP contribution in [0.1, 0.15) is 24.0 Å². The predicted octanol–water partition coefficient (Wildman–Crippen LogP) is 2.06. The Bertz CT molecular complexity index is 956. The Labute approximate surface area is 178 Å². The highest BCUT2D eigenvalue weighted by Crippen LogP contribution is 2.22. The normalized spacial score (nSPS) is 15.7. The summed E-state index contributed by atoms with van der Waals surface area (Å²) >= 11 is 0. The van der Waals surface area contributed by atoms with Crippen molar-refractivity contribution in [3.05, 3.63) is 59.7 Å². The van der Waals surface area contributed by atoms with Crippen molar-refractivity contribution in [3.63, 3.8) is 0 Å². The number of amides is 1. The summed E-state index contributed by atoms with van der Waals surface area (Å²) in [6.45, 7) is 3.84. The predicted molar refractivity (Wildman–Crippen MR) is 116 cm³/mol. The molecule has 2 aromatic carbocycles. The van der Waals surface area contributed by atoms with Gasteiger partial charge in [0.15, 0.2) is 6.61 Å². The number of likely N-dealkylation sites (tertiary alicyclic amines) is 1. The molecule has 1 aliphatic heterocycles. The van der Waals surface area contributed by atoms with Crippen LogP contribution in [0, 0.1) is 6.92 Å². The van der Waals surface area contributed by atoms with Crippen molar-refractivity contribution in [1.82, 2.24) is 14.9 Å². The van der Waals surface area contributed by atoms with Crippen molar-refractivity contribution in [2.45, 2.75) is 37.2 Å². The van der Waals surface area contributed by atoms with Crippen molar-refractivity contribution >= 4 is 15.9 Å². The second-order valence-electron chi connectivity index (χ2n) is 7.67. The highest BCUT2D eigenvalue weighted by Gasteiger charge is 2.19. The van der Waals surface area contributed by atoms with Crippen LogP contribution in [0.5, 0.6) is 5.75 Å². The molecule has 3 rings (SSSR count). The van der Waals surface area contributed by atoms with Crippen LogP contribution < -0.4 is 14.8 Å². The van der Waals surface area contributed by atoms with Gasteiger partial charge < -0.3 is 15.0 Å². The Morgan fingerprint density at radius 2 is 1.83 bits per heavy atom. The van der Waals surface area contributed by atoms with E-state index in [1.165, 1.54) is 6.07 Å². The lowest BCUT2D eigenvalue weighted by Gasteiger charge is -2.29. The fraction of sp³-hybridized carbons (Fsp3) is 0.409. The zero-order chi connectivity index (χ0) is 21.6. The van der Waals surface area contributed by atoms with Crippen LogP contribution in [0.4, 0.5) is 0 Å². The summed E-state index contributed by atoms with van der Waals surface area (Å²) in [5.41, 5.74) is 1.54. The molecule has 2 aromatic rings. The number of piperidine rings is 1. The van der Waals surface area contributed by atoms with Crippen LogP contribution in [0.15, 0.2) is 53.4 Å². The van der Waals surface area contributed by atoms with E-state index in [1.54, 1.807) is 19.1 Å². The Morgan fingerprint density at radius 1 is 1.13 bits per heavy atom. The summed E-state index contributed by atoms with van der Waals surface area (Å²) in [6, 6.07) is 14.2. The molecule has 1 amide bonds. The second-order valence-corrected chi connectivity index (χ2v) is 9.44. The minimum absolute atomic E-state index is 0.0917. The molecule has 0 aliphatic carbocycles. The van der Waals surface area contributed by atoms with E-state index in [1.807, 2.05) is 30.3 Å². The fourth-order valence-corrected chi connectivity index (χ4v) is 4.48. The molecular formula is C22H29N3O4S. The number of hydrogen-bond donors (Lipinski definition) is 2. The number of carbonyl (C=O) groups is 1. The van der Waals surface area contributed by atoms with Crippen molar-refractivity contribution in [2.75, 3.05) is 26.7 Å². The van der Waals surface area contributed by atoms with E-state index in [0.717, 1.165) is 31.5 Å². The monoisotopic (exact) mass is 431 g/mol. The number of nitrogens with one attached hydrogen (secondary N) is 2. The lowest BCUT2D eigenvalue weighted by atomic mass is 10.1. The lowest BCUT2D eigenvalue weighted by Crippen LogP contribution is -2.44. The molecule has 0 aromatic heterocycles. The van der Waals surface area contributed by atoms with Gasteiger partial charge in [0.25, 0.3) is 5.91 Å². The maximum Gasteiger partial charge on any atom is 0.258 e. The van der Waals surface area contributed by atoms with E-state index in [2.05, 4.69) is 22.0 Å². The first-order valence-electron chi connectivity index (χ1n) is 10.1. The zero-order valence-electron chi connectivity index (χ0n) is 17.4. The van der Waals surface area contributed by atoms with E-state index in [4.69, 9.17) is 4.74 Å². The van der Waals surface area contributed by atoms with Crippen LogP contribution in [-0.2, 0) is 21.4 Å². The topological polar surface area (TPSA) is 87.7 Å². The van der Waals surface area contributed by atoms with E-state index >= 15 is 0 Å². The number of sulfonamides is 1. The van der Waals surface area contributed by atoms with Gasteiger partial charge in [0.2, 0.25) is 10.0 Å². The number of hydrogen-bond acceptors (Lipinski definition) is 5. The molecular weight excluding hydrogens is 402 g/mol. The highest BCUT2D eigenvalue weighted by atomic mass is 32.2. The number of rotatable bonds is 8. The average Bonchev–Trinajstić information content (AvgIpc) is 2.74. The summed E-state index contributed by atoms with van der Waals surface area (Å²) < 4.78 is 33.3. The standard InChI is InChI=1S/C22H29N3O4S/c1-17-14-20(30(27,28)23-15-18-6-4-3-5-7-18)8-9-21(17)29-16-22(26)24-19-10-12-25(2)13-11-19/h3-9,14,19,23H,10-13,15-16H2,1-2H3,(H,24,26).